The van der Waals surface area contributed by atoms with Gasteiger partial charge in [0.2, 0.25) is 0 Å². The third-order valence-corrected chi connectivity index (χ3v) is 4.18. The number of benzene rings is 1. The zero-order chi connectivity index (χ0) is 20.4. The van der Waals surface area contributed by atoms with E-state index in [1.165, 1.54) is 37.6 Å². The van der Waals surface area contributed by atoms with Gasteiger partial charge in [0, 0.05) is 30.8 Å². The van der Waals surface area contributed by atoms with E-state index >= 15 is 0 Å². The molecule has 0 aliphatic carbocycles. The zero-order valence-corrected chi connectivity index (χ0v) is 15.2. The van der Waals surface area contributed by atoms with Crippen LogP contribution >= 0.6 is 0 Å². The second-order valence-corrected chi connectivity index (χ2v) is 6.06. The highest BCUT2D eigenvalue weighted by atomic mass is 19.1. The van der Waals surface area contributed by atoms with Gasteiger partial charge in [0.15, 0.2) is 17.3 Å². The average molecular weight is 398 g/mol. The molecule has 1 aromatic carbocycles. The lowest BCUT2D eigenvalue weighted by Gasteiger charge is -2.06. The molecule has 0 amide bonds. The Hall–Kier alpha value is -3.79. The van der Waals surface area contributed by atoms with Crippen molar-refractivity contribution in [3.8, 4) is 28.6 Å². The molecule has 0 unspecified atom stereocenters. The van der Waals surface area contributed by atoms with Crippen LogP contribution in [-0.2, 0) is 4.74 Å². The lowest BCUT2D eigenvalue weighted by Crippen LogP contribution is -2.05. The highest BCUT2D eigenvalue weighted by Crippen LogP contribution is 2.32. The molecule has 2 N–H and O–H groups in total. The number of nitrogens with one attached hydrogen (secondary N) is 1. The van der Waals surface area contributed by atoms with E-state index in [-0.39, 0.29) is 17.9 Å². The second-order valence-electron chi connectivity index (χ2n) is 6.06. The molecule has 10 heteroatoms. The summed E-state index contributed by atoms with van der Waals surface area (Å²) in [6.07, 6.45) is 1.23. The van der Waals surface area contributed by atoms with Crippen LogP contribution in [0, 0.1) is 5.82 Å². The normalized spacial score (nSPS) is 11.1. The van der Waals surface area contributed by atoms with Crippen LogP contribution in [0.2, 0.25) is 0 Å². The molecule has 9 nitrogen and oxygen atoms in total. The van der Waals surface area contributed by atoms with Crippen molar-refractivity contribution in [3.63, 3.8) is 0 Å². The first-order chi connectivity index (χ1) is 14.1. The fourth-order valence-corrected chi connectivity index (χ4v) is 2.73. The maximum absolute atomic E-state index is 14.4. The van der Waals surface area contributed by atoms with Crippen LogP contribution in [0.15, 0.2) is 41.1 Å². The van der Waals surface area contributed by atoms with Gasteiger partial charge in [0.1, 0.15) is 18.0 Å². The second kappa shape index (κ2) is 7.68. The first-order valence-corrected chi connectivity index (χ1v) is 8.53. The van der Waals surface area contributed by atoms with Gasteiger partial charge in [-0.1, -0.05) is 5.16 Å². The van der Waals surface area contributed by atoms with Gasteiger partial charge in [-0.3, -0.25) is 10.1 Å². The van der Waals surface area contributed by atoms with Crippen molar-refractivity contribution in [3.05, 3.63) is 47.9 Å². The number of aromatic carboxylic acids is 1. The van der Waals surface area contributed by atoms with Gasteiger partial charge < -0.3 is 19.1 Å². The first kappa shape index (κ1) is 18.6. The molecule has 0 aliphatic rings. The summed E-state index contributed by atoms with van der Waals surface area (Å²) < 4.78 is 30.0. The number of aromatic nitrogens is 4. The van der Waals surface area contributed by atoms with Crippen LogP contribution in [0.3, 0.4) is 0 Å². The van der Waals surface area contributed by atoms with Crippen LogP contribution in [0.25, 0.3) is 33.7 Å². The van der Waals surface area contributed by atoms with Crippen LogP contribution in [0.1, 0.15) is 10.4 Å². The predicted octanol–water partition coefficient (Wildman–Crippen LogP) is 3.14. The predicted molar refractivity (Wildman–Crippen MR) is 99.1 cm³/mol. The summed E-state index contributed by atoms with van der Waals surface area (Å²) in [5.41, 5.74) is 1.84. The Morgan fingerprint density at radius 1 is 1.24 bits per heavy atom. The van der Waals surface area contributed by atoms with E-state index in [9.17, 15) is 9.18 Å². The quantitative estimate of drug-likeness (QED) is 0.455. The van der Waals surface area contributed by atoms with E-state index < -0.39 is 11.8 Å². The van der Waals surface area contributed by atoms with Crippen molar-refractivity contribution in [1.82, 2.24) is 20.3 Å². The Morgan fingerprint density at radius 2 is 2.10 bits per heavy atom. The highest BCUT2D eigenvalue weighted by Gasteiger charge is 2.18. The summed E-state index contributed by atoms with van der Waals surface area (Å²) in [5.74, 6) is -1.21. The highest BCUT2D eigenvalue weighted by molar-refractivity contribution is 5.93. The van der Waals surface area contributed by atoms with Gasteiger partial charge in [0.05, 0.1) is 23.4 Å². The summed E-state index contributed by atoms with van der Waals surface area (Å²) in [7, 11) is 1.53. The molecule has 0 bridgehead atoms. The molecule has 29 heavy (non-hydrogen) atoms. The molecule has 0 fully saturated rings. The van der Waals surface area contributed by atoms with Crippen molar-refractivity contribution in [2.24, 2.45) is 0 Å². The Balaban J connectivity index is 1.63. The molecule has 0 saturated heterocycles. The number of halogens is 1. The molecule has 3 heterocycles. The molecule has 0 radical (unpaired) electrons. The van der Waals surface area contributed by atoms with E-state index in [1.807, 2.05) is 0 Å². The third kappa shape index (κ3) is 3.65. The maximum Gasteiger partial charge on any atom is 0.337 e. The van der Waals surface area contributed by atoms with E-state index in [1.54, 1.807) is 6.07 Å². The van der Waals surface area contributed by atoms with E-state index in [2.05, 4.69) is 20.3 Å². The minimum Gasteiger partial charge on any atom is -0.488 e. The number of hydrogen-bond donors (Lipinski definition) is 2. The number of hydrogen-bond acceptors (Lipinski definition) is 7. The van der Waals surface area contributed by atoms with E-state index in [0.717, 1.165) is 0 Å². The summed E-state index contributed by atoms with van der Waals surface area (Å²) in [6, 6.07) is 7.36. The number of fused-ring (bicyclic) bond motifs is 1. The maximum atomic E-state index is 14.4. The minimum atomic E-state index is -1.07. The Morgan fingerprint density at radius 3 is 2.83 bits per heavy atom. The number of carboxylic acid groups (broad SMARTS) is 1. The van der Waals surface area contributed by atoms with Gasteiger partial charge in [0.25, 0.3) is 0 Å². The summed E-state index contributed by atoms with van der Waals surface area (Å²) in [4.78, 5) is 15.0. The summed E-state index contributed by atoms with van der Waals surface area (Å²) >= 11 is 0. The number of rotatable bonds is 7. The number of carboxylic acids is 1. The van der Waals surface area contributed by atoms with Gasteiger partial charge in [-0.05, 0) is 18.2 Å². The van der Waals surface area contributed by atoms with Gasteiger partial charge >= 0.3 is 5.97 Å². The number of carbonyl (C=O) groups is 1. The van der Waals surface area contributed by atoms with Gasteiger partial charge in [-0.25, -0.2) is 9.18 Å². The van der Waals surface area contributed by atoms with Crippen LogP contribution in [0.5, 0.6) is 5.75 Å². The molecule has 3 aromatic heterocycles. The molecular weight excluding hydrogens is 383 g/mol. The standard InChI is InChI=1S/C19H15FN4O5/c1-27-4-5-28-16-7-14-11(6-12(16)20)18(23-22-14)17-8-15(24-29-17)13-3-2-10(9-21-13)19(25)26/h2-3,6-9H,4-5H2,1H3,(H,22,23)(H,25,26). The van der Waals surface area contributed by atoms with Crippen molar-refractivity contribution >= 4 is 16.9 Å². The molecule has 0 spiro atoms. The molecule has 0 atom stereocenters. The van der Waals surface area contributed by atoms with Crippen LogP contribution in [-0.4, -0.2) is 51.7 Å². The van der Waals surface area contributed by atoms with E-state index in [0.29, 0.717) is 40.4 Å². The van der Waals surface area contributed by atoms with Crippen molar-refractivity contribution in [1.29, 1.82) is 0 Å². The monoisotopic (exact) mass is 398 g/mol. The molecule has 0 aliphatic heterocycles. The number of methoxy groups -OCH3 is 1. The molecular formula is C19H15FN4O5. The fourth-order valence-electron chi connectivity index (χ4n) is 2.73. The Labute approximate surface area is 163 Å². The van der Waals surface area contributed by atoms with Gasteiger partial charge in [-0.2, -0.15) is 5.10 Å². The Kier molecular flexibility index (Phi) is 4.92. The van der Waals surface area contributed by atoms with Crippen molar-refractivity contribution < 1.29 is 28.3 Å². The molecule has 0 saturated carbocycles. The SMILES string of the molecule is COCCOc1cc2[nH]nc(-c3cc(-c4ccc(C(=O)O)cn4)no3)c2cc1F. The number of nitrogens with zero attached hydrogens (tertiary/aromatic N) is 3. The van der Waals surface area contributed by atoms with Crippen molar-refractivity contribution in [2.75, 3.05) is 20.3 Å². The number of ether oxygens (including phenoxy) is 2. The smallest absolute Gasteiger partial charge is 0.337 e. The first-order valence-electron chi connectivity index (χ1n) is 8.53. The Bertz CT molecular complexity index is 1170. The summed E-state index contributed by atoms with van der Waals surface area (Å²) in [5, 5.41) is 20.4. The number of pyridine rings is 1. The van der Waals surface area contributed by atoms with Gasteiger partial charge in [-0.15, -0.1) is 0 Å². The number of aromatic amines is 1. The lowest BCUT2D eigenvalue weighted by atomic mass is 10.1. The summed E-state index contributed by atoms with van der Waals surface area (Å²) in [6.45, 7) is 0.563. The molecule has 4 aromatic rings. The largest absolute Gasteiger partial charge is 0.488 e. The van der Waals surface area contributed by atoms with E-state index in [4.69, 9.17) is 19.1 Å². The topological polar surface area (TPSA) is 123 Å². The lowest BCUT2D eigenvalue weighted by molar-refractivity contribution is 0.0696. The fraction of sp³-hybridized carbons (Fsp3) is 0.158. The molecule has 148 valence electrons. The average Bonchev–Trinajstić information content (AvgIpc) is 3.35. The minimum absolute atomic E-state index is 0.0646. The number of H-pyrrole nitrogens is 1. The van der Waals surface area contributed by atoms with Crippen molar-refractivity contribution in [2.45, 2.75) is 0 Å². The molecule has 4 rings (SSSR count). The zero-order valence-electron chi connectivity index (χ0n) is 15.2. The van der Waals surface area contributed by atoms with Crippen LogP contribution < -0.4 is 4.74 Å². The third-order valence-electron chi connectivity index (χ3n) is 4.18. The van der Waals surface area contributed by atoms with Crippen LogP contribution in [0.4, 0.5) is 4.39 Å².